The van der Waals surface area contributed by atoms with Gasteiger partial charge in [0.1, 0.15) is 0 Å². The molecule has 2 rings (SSSR count). The highest BCUT2D eigenvalue weighted by atomic mass is 35.5. The summed E-state index contributed by atoms with van der Waals surface area (Å²) in [6.07, 6.45) is 1.20. The van der Waals surface area contributed by atoms with Gasteiger partial charge in [0.05, 0.1) is 6.10 Å². The van der Waals surface area contributed by atoms with E-state index in [0.717, 1.165) is 30.2 Å². The van der Waals surface area contributed by atoms with Crippen LogP contribution in [0.25, 0.3) is 0 Å². The molecule has 0 saturated carbocycles. The van der Waals surface area contributed by atoms with Crippen LogP contribution in [0.1, 0.15) is 25.0 Å². The summed E-state index contributed by atoms with van der Waals surface area (Å²) in [5, 5.41) is 4.22. The first-order valence-corrected chi connectivity index (χ1v) is 5.74. The van der Waals surface area contributed by atoms with Crippen LogP contribution in [0.2, 0.25) is 5.02 Å². The molecular formula is C12H16ClNO. The summed E-state index contributed by atoms with van der Waals surface area (Å²) in [5.41, 5.74) is 1.16. The molecule has 1 aromatic rings. The molecule has 2 nitrogen and oxygen atoms in total. The average Bonchev–Trinajstić information content (AvgIpc) is 2.43. The Bertz CT molecular complexity index is 329. The molecule has 1 heterocycles. The normalized spacial score (nSPS) is 27.3. The van der Waals surface area contributed by atoms with Crippen LogP contribution in [-0.2, 0) is 4.74 Å². The van der Waals surface area contributed by atoms with Crippen molar-refractivity contribution in [3.63, 3.8) is 0 Å². The number of halogens is 1. The summed E-state index contributed by atoms with van der Waals surface area (Å²) in [6, 6.07) is 8.43. The van der Waals surface area contributed by atoms with Gasteiger partial charge in [-0.05, 0) is 31.0 Å². The van der Waals surface area contributed by atoms with Gasteiger partial charge in [-0.25, -0.2) is 0 Å². The third-order valence-electron chi connectivity index (χ3n) is 2.74. The molecule has 0 spiro atoms. The second-order valence-electron chi connectivity index (χ2n) is 4.01. The van der Waals surface area contributed by atoms with Crippen molar-refractivity contribution in [3.05, 3.63) is 34.9 Å². The largest absolute Gasteiger partial charge is 0.372 e. The van der Waals surface area contributed by atoms with Crippen LogP contribution in [0.5, 0.6) is 0 Å². The molecule has 0 bridgehead atoms. The molecule has 82 valence electrons. The van der Waals surface area contributed by atoms with Crippen molar-refractivity contribution < 1.29 is 4.74 Å². The third kappa shape index (κ3) is 2.94. The molecule has 1 aliphatic heterocycles. The van der Waals surface area contributed by atoms with Crippen LogP contribution in [0.15, 0.2) is 24.3 Å². The zero-order valence-corrected chi connectivity index (χ0v) is 9.63. The SMILES string of the molecule is CC1CCOC(c2cccc(Cl)c2)CN1. The van der Waals surface area contributed by atoms with Gasteiger partial charge in [0, 0.05) is 24.2 Å². The van der Waals surface area contributed by atoms with Crippen LogP contribution < -0.4 is 5.32 Å². The summed E-state index contributed by atoms with van der Waals surface area (Å²) < 4.78 is 5.79. The molecule has 0 aromatic heterocycles. The summed E-state index contributed by atoms with van der Waals surface area (Å²) in [4.78, 5) is 0. The standard InChI is InChI=1S/C12H16ClNO/c1-9-5-6-15-12(8-14-9)10-3-2-4-11(13)7-10/h2-4,7,9,12,14H,5-6,8H2,1H3. The van der Waals surface area contributed by atoms with E-state index in [1.165, 1.54) is 0 Å². The minimum atomic E-state index is 0.133. The van der Waals surface area contributed by atoms with Gasteiger partial charge in [-0.15, -0.1) is 0 Å². The molecule has 0 radical (unpaired) electrons. The first-order chi connectivity index (χ1) is 7.25. The van der Waals surface area contributed by atoms with Crippen LogP contribution in [-0.4, -0.2) is 19.2 Å². The molecule has 1 fully saturated rings. The van der Waals surface area contributed by atoms with E-state index in [2.05, 4.69) is 18.3 Å². The summed E-state index contributed by atoms with van der Waals surface area (Å²) >= 11 is 5.96. The minimum Gasteiger partial charge on any atom is -0.372 e. The summed E-state index contributed by atoms with van der Waals surface area (Å²) in [5.74, 6) is 0. The van der Waals surface area contributed by atoms with Crippen molar-refractivity contribution >= 4 is 11.6 Å². The van der Waals surface area contributed by atoms with Crippen molar-refractivity contribution in [1.82, 2.24) is 5.32 Å². The zero-order valence-electron chi connectivity index (χ0n) is 8.87. The van der Waals surface area contributed by atoms with E-state index < -0.39 is 0 Å². The van der Waals surface area contributed by atoms with Gasteiger partial charge in [-0.1, -0.05) is 23.7 Å². The Morgan fingerprint density at radius 2 is 2.33 bits per heavy atom. The number of ether oxygens (including phenoxy) is 1. The predicted molar refractivity (Wildman–Crippen MR) is 62.2 cm³/mol. The number of benzene rings is 1. The van der Waals surface area contributed by atoms with Crippen LogP contribution in [0, 0.1) is 0 Å². The van der Waals surface area contributed by atoms with Gasteiger partial charge >= 0.3 is 0 Å². The van der Waals surface area contributed by atoms with E-state index in [-0.39, 0.29) is 6.10 Å². The first-order valence-electron chi connectivity index (χ1n) is 5.36. The zero-order chi connectivity index (χ0) is 10.7. The molecule has 2 unspecified atom stereocenters. The fraction of sp³-hybridized carbons (Fsp3) is 0.500. The maximum absolute atomic E-state index is 5.96. The lowest BCUT2D eigenvalue weighted by molar-refractivity contribution is 0.0665. The van der Waals surface area contributed by atoms with E-state index in [1.54, 1.807) is 0 Å². The molecule has 1 N–H and O–H groups in total. The maximum Gasteiger partial charge on any atom is 0.0949 e. The Hall–Kier alpha value is -0.570. The van der Waals surface area contributed by atoms with E-state index in [0.29, 0.717) is 6.04 Å². The topological polar surface area (TPSA) is 21.3 Å². The number of rotatable bonds is 1. The van der Waals surface area contributed by atoms with Crippen molar-refractivity contribution in [2.45, 2.75) is 25.5 Å². The highest BCUT2D eigenvalue weighted by molar-refractivity contribution is 6.30. The smallest absolute Gasteiger partial charge is 0.0949 e. The maximum atomic E-state index is 5.96. The van der Waals surface area contributed by atoms with Crippen LogP contribution >= 0.6 is 11.6 Å². The average molecular weight is 226 g/mol. The third-order valence-corrected chi connectivity index (χ3v) is 2.98. The number of nitrogens with one attached hydrogen (secondary N) is 1. The first kappa shape index (κ1) is 10.9. The lowest BCUT2D eigenvalue weighted by Crippen LogP contribution is -2.27. The molecule has 15 heavy (non-hydrogen) atoms. The van der Waals surface area contributed by atoms with E-state index in [4.69, 9.17) is 16.3 Å². The van der Waals surface area contributed by atoms with Gasteiger partial charge in [0.15, 0.2) is 0 Å². The molecule has 3 heteroatoms. The Balaban J connectivity index is 2.09. The van der Waals surface area contributed by atoms with Crippen molar-refractivity contribution in [2.24, 2.45) is 0 Å². The van der Waals surface area contributed by atoms with Crippen molar-refractivity contribution in [1.29, 1.82) is 0 Å². The quantitative estimate of drug-likeness (QED) is 0.794. The predicted octanol–water partition coefficient (Wildman–Crippen LogP) is 2.78. The number of hydrogen-bond donors (Lipinski definition) is 1. The molecule has 1 aliphatic rings. The van der Waals surface area contributed by atoms with Gasteiger partial charge in [-0.2, -0.15) is 0 Å². The fourth-order valence-corrected chi connectivity index (χ4v) is 1.98. The van der Waals surface area contributed by atoms with Gasteiger partial charge in [0.25, 0.3) is 0 Å². The second-order valence-corrected chi connectivity index (χ2v) is 4.45. The van der Waals surface area contributed by atoms with Gasteiger partial charge in [0.2, 0.25) is 0 Å². The lowest BCUT2D eigenvalue weighted by Gasteiger charge is -2.15. The highest BCUT2D eigenvalue weighted by Gasteiger charge is 2.17. The summed E-state index contributed by atoms with van der Waals surface area (Å²) in [7, 11) is 0. The Kier molecular flexibility index (Phi) is 3.62. The van der Waals surface area contributed by atoms with Crippen LogP contribution in [0.3, 0.4) is 0 Å². The van der Waals surface area contributed by atoms with E-state index in [9.17, 15) is 0 Å². The molecule has 0 aliphatic carbocycles. The molecular weight excluding hydrogens is 210 g/mol. The van der Waals surface area contributed by atoms with E-state index in [1.807, 2.05) is 18.2 Å². The van der Waals surface area contributed by atoms with Gasteiger partial charge < -0.3 is 10.1 Å². The van der Waals surface area contributed by atoms with E-state index >= 15 is 0 Å². The highest BCUT2D eigenvalue weighted by Crippen LogP contribution is 2.22. The molecule has 2 atom stereocenters. The minimum absolute atomic E-state index is 0.133. The van der Waals surface area contributed by atoms with Crippen molar-refractivity contribution in [3.8, 4) is 0 Å². The molecule has 1 saturated heterocycles. The Morgan fingerprint density at radius 3 is 3.13 bits per heavy atom. The van der Waals surface area contributed by atoms with Gasteiger partial charge in [-0.3, -0.25) is 0 Å². The fourth-order valence-electron chi connectivity index (χ4n) is 1.78. The lowest BCUT2D eigenvalue weighted by atomic mass is 10.1. The Labute approximate surface area is 95.6 Å². The summed E-state index contributed by atoms with van der Waals surface area (Å²) in [6.45, 7) is 3.86. The molecule has 0 amide bonds. The monoisotopic (exact) mass is 225 g/mol. The number of hydrogen-bond acceptors (Lipinski definition) is 2. The second kappa shape index (κ2) is 4.97. The molecule has 1 aromatic carbocycles. The van der Waals surface area contributed by atoms with Crippen LogP contribution in [0.4, 0.5) is 0 Å². The van der Waals surface area contributed by atoms with Crippen molar-refractivity contribution in [2.75, 3.05) is 13.2 Å². The Morgan fingerprint density at radius 1 is 1.47 bits per heavy atom.